The largest absolute Gasteiger partial charge is 0.405 e. The molecule has 9 heavy (non-hydrogen) atoms. The van der Waals surface area contributed by atoms with E-state index in [1.54, 1.807) is 7.05 Å². The van der Waals surface area contributed by atoms with Gasteiger partial charge in [-0.25, -0.2) is 0 Å². The van der Waals surface area contributed by atoms with Crippen LogP contribution < -0.4 is 5.73 Å². The average Bonchev–Trinajstić information content (AvgIpc) is 1.82. The second-order valence-corrected chi connectivity index (χ2v) is 4.08. The van der Waals surface area contributed by atoms with Gasteiger partial charge in [0, 0.05) is 7.05 Å². The fraction of sp³-hybridized carbons (Fsp3) is 0.500. The number of rotatable bonds is 2. The standard InChI is InChI=1S/C6H13N2P/c1-8-6(4-5-7)9(2)3/h4-5H,7H2,1-3H3/b5-4-,8-6?. The Kier molecular flexibility index (Phi) is 4.33. The third kappa shape index (κ3) is 3.26. The Balaban J connectivity index is 4.01. The second-order valence-electron chi connectivity index (χ2n) is 1.84. The molecule has 0 aliphatic carbocycles. The van der Waals surface area contributed by atoms with E-state index in [0.717, 1.165) is 5.45 Å². The third-order valence-corrected chi connectivity index (χ3v) is 2.20. The van der Waals surface area contributed by atoms with Crippen molar-refractivity contribution in [2.45, 2.75) is 0 Å². The molecule has 0 saturated heterocycles. The van der Waals surface area contributed by atoms with E-state index >= 15 is 0 Å². The first-order valence-electron chi connectivity index (χ1n) is 2.74. The van der Waals surface area contributed by atoms with Crippen molar-refractivity contribution >= 4 is 13.4 Å². The Hall–Kier alpha value is -0.360. The van der Waals surface area contributed by atoms with Crippen LogP contribution in [0.3, 0.4) is 0 Å². The van der Waals surface area contributed by atoms with Crippen LogP contribution in [0.1, 0.15) is 0 Å². The van der Waals surface area contributed by atoms with Gasteiger partial charge in [-0.1, -0.05) is 7.92 Å². The van der Waals surface area contributed by atoms with E-state index in [-0.39, 0.29) is 7.92 Å². The molecule has 0 aromatic heterocycles. The van der Waals surface area contributed by atoms with Crippen LogP contribution in [0.15, 0.2) is 17.3 Å². The van der Waals surface area contributed by atoms with Gasteiger partial charge in [0.05, 0.1) is 5.45 Å². The van der Waals surface area contributed by atoms with Crippen LogP contribution in [0.25, 0.3) is 0 Å². The van der Waals surface area contributed by atoms with Crippen molar-refractivity contribution in [3.63, 3.8) is 0 Å². The summed E-state index contributed by atoms with van der Waals surface area (Å²) in [6.45, 7) is 4.30. The van der Waals surface area contributed by atoms with Crippen LogP contribution in [0.2, 0.25) is 0 Å². The molecular weight excluding hydrogens is 131 g/mol. The SMILES string of the molecule is CN=C(/C=C\N)P(C)C. The molecule has 3 heteroatoms. The quantitative estimate of drug-likeness (QED) is 0.459. The van der Waals surface area contributed by atoms with E-state index in [9.17, 15) is 0 Å². The van der Waals surface area contributed by atoms with Gasteiger partial charge in [0.2, 0.25) is 0 Å². The van der Waals surface area contributed by atoms with Crippen LogP contribution in [0.4, 0.5) is 0 Å². The highest BCUT2D eigenvalue weighted by molar-refractivity contribution is 7.74. The van der Waals surface area contributed by atoms with Crippen LogP contribution in [-0.2, 0) is 0 Å². The molecule has 0 unspecified atom stereocenters. The summed E-state index contributed by atoms with van der Waals surface area (Å²) >= 11 is 0. The summed E-state index contributed by atoms with van der Waals surface area (Å²) in [5.74, 6) is 0. The molecular formula is C6H13N2P. The van der Waals surface area contributed by atoms with Crippen LogP contribution >= 0.6 is 7.92 Å². The lowest BCUT2D eigenvalue weighted by Crippen LogP contribution is -1.90. The van der Waals surface area contributed by atoms with E-state index in [1.165, 1.54) is 6.20 Å². The summed E-state index contributed by atoms with van der Waals surface area (Å²) in [4.78, 5) is 4.06. The first-order valence-corrected chi connectivity index (χ1v) is 4.98. The highest BCUT2D eigenvalue weighted by atomic mass is 31.1. The normalized spacial score (nSPS) is 13.6. The Labute approximate surface area is 57.6 Å². The Bertz CT molecular complexity index is 127. The molecule has 0 amide bonds. The monoisotopic (exact) mass is 144 g/mol. The maximum Gasteiger partial charge on any atom is 0.0581 e. The van der Waals surface area contributed by atoms with Crippen LogP contribution in [0.5, 0.6) is 0 Å². The zero-order chi connectivity index (χ0) is 7.28. The second kappa shape index (κ2) is 4.51. The lowest BCUT2D eigenvalue weighted by Gasteiger charge is -2.02. The van der Waals surface area contributed by atoms with Gasteiger partial charge in [-0.2, -0.15) is 0 Å². The molecule has 52 valence electrons. The van der Waals surface area contributed by atoms with Crippen molar-refractivity contribution in [3.05, 3.63) is 12.3 Å². The predicted octanol–water partition coefficient (Wildman–Crippen LogP) is 1.23. The van der Waals surface area contributed by atoms with Gasteiger partial charge in [-0.05, 0) is 25.6 Å². The van der Waals surface area contributed by atoms with Crippen molar-refractivity contribution in [3.8, 4) is 0 Å². The summed E-state index contributed by atoms with van der Waals surface area (Å²) in [7, 11) is 1.70. The molecule has 0 aromatic carbocycles. The van der Waals surface area contributed by atoms with Gasteiger partial charge in [0.1, 0.15) is 0 Å². The summed E-state index contributed by atoms with van der Waals surface area (Å²) in [6, 6.07) is 0. The van der Waals surface area contributed by atoms with Crippen LogP contribution in [-0.4, -0.2) is 25.8 Å². The molecule has 0 saturated carbocycles. The maximum absolute atomic E-state index is 5.19. The van der Waals surface area contributed by atoms with Crippen LogP contribution in [0, 0.1) is 0 Å². The molecule has 2 N–H and O–H groups in total. The molecule has 0 radical (unpaired) electrons. The summed E-state index contributed by atoms with van der Waals surface area (Å²) in [5.41, 5.74) is 6.30. The van der Waals surface area contributed by atoms with E-state index in [1.807, 2.05) is 6.08 Å². The minimum absolute atomic E-state index is 0.0867. The molecule has 0 heterocycles. The van der Waals surface area contributed by atoms with Gasteiger partial charge in [0.25, 0.3) is 0 Å². The Morgan fingerprint density at radius 1 is 1.56 bits per heavy atom. The molecule has 0 aliphatic heterocycles. The van der Waals surface area contributed by atoms with E-state index < -0.39 is 0 Å². The number of nitrogens with two attached hydrogens (primary N) is 1. The first kappa shape index (κ1) is 8.64. The molecule has 0 rings (SSSR count). The topological polar surface area (TPSA) is 38.4 Å². The zero-order valence-corrected chi connectivity index (χ0v) is 7.02. The lowest BCUT2D eigenvalue weighted by atomic mass is 10.6. The maximum atomic E-state index is 5.19. The third-order valence-electron chi connectivity index (χ3n) is 0.933. The number of hydrogen-bond donors (Lipinski definition) is 1. The average molecular weight is 144 g/mol. The molecule has 0 fully saturated rings. The number of hydrogen-bond acceptors (Lipinski definition) is 2. The van der Waals surface area contributed by atoms with Crippen molar-refractivity contribution in [2.75, 3.05) is 20.4 Å². The van der Waals surface area contributed by atoms with Gasteiger partial charge in [-0.15, -0.1) is 0 Å². The van der Waals surface area contributed by atoms with Crippen molar-refractivity contribution in [1.82, 2.24) is 0 Å². The highest BCUT2D eigenvalue weighted by Gasteiger charge is 1.95. The van der Waals surface area contributed by atoms with E-state index in [0.29, 0.717) is 0 Å². The number of nitrogens with zero attached hydrogens (tertiary/aromatic N) is 1. The van der Waals surface area contributed by atoms with Gasteiger partial charge >= 0.3 is 0 Å². The van der Waals surface area contributed by atoms with Gasteiger partial charge in [0.15, 0.2) is 0 Å². The summed E-state index contributed by atoms with van der Waals surface area (Å²) in [5, 5.41) is 0. The lowest BCUT2D eigenvalue weighted by molar-refractivity contribution is 1.46. The predicted molar refractivity (Wildman–Crippen MR) is 45.5 cm³/mol. The Morgan fingerprint density at radius 2 is 2.11 bits per heavy atom. The summed E-state index contributed by atoms with van der Waals surface area (Å²) < 4.78 is 0. The first-order chi connectivity index (χ1) is 4.22. The van der Waals surface area contributed by atoms with E-state index in [2.05, 4.69) is 18.3 Å². The Morgan fingerprint density at radius 3 is 2.22 bits per heavy atom. The minimum Gasteiger partial charge on any atom is -0.405 e. The van der Waals surface area contributed by atoms with Crippen molar-refractivity contribution in [1.29, 1.82) is 0 Å². The molecule has 0 aliphatic rings. The highest BCUT2D eigenvalue weighted by Crippen LogP contribution is 2.26. The number of allylic oxidation sites excluding steroid dienone is 1. The van der Waals surface area contributed by atoms with Crippen molar-refractivity contribution < 1.29 is 0 Å². The zero-order valence-electron chi connectivity index (χ0n) is 6.13. The molecule has 0 aromatic rings. The smallest absolute Gasteiger partial charge is 0.0581 e. The molecule has 0 atom stereocenters. The summed E-state index contributed by atoms with van der Waals surface area (Å²) in [6.07, 6.45) is 3.39. The van der Waals surface area contributed by atoms with Crippen molar-refractivity contribution in [2.24, 2.45) is 10.7 Å². The fourth-order valence-electron chi connectivity index (χ4n) is 0.510. The number of aliphatic imine (C=N–C) groups is 1. The van der Waals surface area contributed by atoms with Gasteiger partial charge in [-0.3, -0.25) is 4.99 Å². The molecule has 0 bridgehead atoms. The fourth-order valence-corrected chi connectivity index (χ4v) is 1.29. The molecule has 0 spiro atoms. The molecule has 2 nitrogen and oxygen atoms in total. The minimum atomic E-state index is -0.0867. The van der Waals surface area contributed by atoms with Gasteiger partial charge < -0.3 is 5.73 Å². The van der Waals surface area contributed by atoms with E-state index in [4.69, 9.17) is 5.73 Å².